The molecule has 1 fully saturated rings. The summed E-state index contributed by atoms with van der Waals surface area (Å²) in [6, 6.07) is 6.06. The van der Waals surface area contributed by atoms with Crippen molar-refractivity contribution in [3.63, 3.8) is 0 Å². The van der Waals surface area contributed by atoms with Crippen molar-refractivity contribution in [3.05, 3.63) is 33.3 Å². The van der Waals surface area contributed by atoms with E-state index in [4.69, 9.17) is 22.1 Å². The molecule has 1 aliphatic heterocycles. The van der Waals surface area contributed by atoms with Gasteiger partial charge in [-0.2, -0.15) is 0 Å². The monoisotopic (exact) mass is 346 g/mol. The van der Waals surface area contributed by atoms with Gasteiger partial charge in [-0.15, -0.1) is 0 Å². The molecule has 0 bridgehead atoms. The van der Waals surface area contributed by atoms with E-state index < -0.39 is 0 Å². The van der Waals surface area contributed by atoms with Gasteiger partial charge in [-0.3, -0.25) is 4.90 Å². The van der Waals surface area contributed by atoms with Gasteiger partial charge >= 0.3 is 0 Å². The third-order valence-electron chi connectivity index (χ3n) is 3.72. The Bertz CT molecular complexity index is 430. The van der Waals surface area contributed by atoms with E-state index in [9.17, 15) is 0 Å². The Labute approximate surface area is 128 Å². The molecule has 106 valence electrons. The van der Waals surface area contributed by atoms with Crippen molar-refractivity contribution >= 4 is 27.5 Å². The molecular weight excluding hydrogens is 328 g/mol. The summed E-state index contributed by atoms with van der Waals surface area (Å²) in [5.74, 6) is 0. The molecule has 3 nitrogen and oxygen atoms in total. The Balaban J connectivity index is 2.21. The number of methoxy groups -OCH3 is 1. The molecule has 2 unspecified atom stereocenters. The molecule has 0 aliphatic carbocycles. The Kier molecular flexibility index (Phi) is 5.66. The summed E-state index contributed by atoms with van der Waals surface area (Å²) in [4.78, 5) is 2.40. The van der Waals surface area contributed by atoms with Crippen LogP contribution in [0.4, 0.5) is 0 Å². The van der Waals surface area contributed by atoms with Crippen molar-refractivity contribution in [2.75, 3.05) is 26.7 Å². The van der Waals surface area contributed by atoms with E-state index in [1.807, 2.05) is 18.2 Å². The SMILES string of the molecule is COC1CCCN(C(CN)c2cc(Cl)ccc2Br)C1. The van der Waals surface area contributed by atoms with Crippen LogP contribution in [0.5, 0.6) is 0 Å². The number of piperidine rings is 1. The molecule has 19 heavy (non-hydrogen) atoms. The molecule has 0 saturated carbocycles. The van der Waals surface area contributed by atoms with E-state index >= 15 is 0 Å². The second-order valence-corrected chi connectivity index (χ2v) is 6.20. The highest BCUT2D eigenvalue weighted by atomic mass is 79.9. The molecular formula is C14H20BrClN2O. The highest BCUT2D eigenvalue weighted by Crippen LogP contribution is 2.31. The molecule has 2 N–H and O–H groups in total. The minimum atomic E-state index is 0.186. The molecule has 5 heteroatoms. The molecule has 0 amide bonds. The summed E-state index contributed by atoms with van der Waals surface area (Å²) in [7, 11) is 1.78. The number of hydrogen-bond donors (Lipinski definition) is 1. The number of halogens is 2. The van der Waals surface area contributed by atoms with Crippen LogP contribution in [0.15, 0.2) is 22.7 Å². The number of rotatable bonds is 4. The first kappa shape index (κ1) is 15.3. The van der Waals surface area contributed by atoms with Gasteiger partial charge in [-0.05, 0) is 43.1 Å². The number of likely N-dealkylation sites (tertiary alicyclic amines) is 1. The van der Waals surface area contributed by atoms with Crippen LogP contribution in [-0.4, -0.2) is 37.7 Å². The maximum absolute atomic E-state index is 6.11. The summed E-state index contributed by atoms with van der Waals surface area (Å²) >= 11 is 9.71. The molecule has 0 radical (unpaired) electrons. The van der Waals surface area contributed by atoms with Crippen LogP contribution in [0.3, 0.4) is 0 Å². The van der Waals surface area contributed by atoms with Crippen LogP contribution in [0.25, 0.3) is 0 Å². The van der Waals surface area contributed by atoms with Crippen molar-refractivity contribution < 1.29 is 4.74 Å². The van der Waals surface area contributed by atoms with Gasteiger partial charge in [-0.25, -0.2) is 0 Å². The lowest BCUT2D eigenvalue weighted by Gasteiger charge is -2.37. The van der Waals surface area contributed by atoms with Gasteiger partial charge in [0.1, 0.15) is 0 Å². The second kappa shape index (κ2) is 7.04. The van der Waals surface area contributed by atoms with Crippen molar-refractivity contribution in [2.45, 2.75) is 25.0 Å². The fourth-order valence-electron chi connectivity index (χ4n) is 2.68. The van der Waals surface area contributed by atoms with Gasteiger partial charge in [0.05, 0.1) is 6.10 Å². The van der Waals surface area contributed by atoms with Crippen LogP contribution in [0.2, 0.25) is 5.02 Å². The molecule has 0 aromatic heterocycles. The average molecular weight is 348 g/mol. The Morgan fingerprint density at radius 1 is 1.58 bits per heavy atom. The van der Waals surface area contributed by atoms with Crippen molar-refractivity contribution in [3.8, 4) is 0 Å². The first-order chi connectivity index (χ1) is 9.15. The van der Waals surface area contributed by atoms with Crippen LogP contribution in [0.1, 0.15) is 24.4 Å². The molecule has 1 aromatic rings. The van der Waals surface area contributed by atoms with Gasteiger partial charge in [0.2, 0.25) is 0 Å². The summed E-state index contributed by atoms with van der Waals surface area (Å²) in [6.07, 6.45) is 2.58. The third kappa shape index (κ3) is 3.70. The van der Waals surface area contributed by atoms with Gasteiger partial charge in [0.25, 0.3) is 0 Å². The number of benzene rings is 1. The van der Waals surface area contributed by atoms with E-state index in [-0.39, 0.29) is 6.04 Å². The maximum atomic E-state index is 6.11. The minimum absolute atomic E-state index is 0.186. The Hall–Kier alpha value is -0.130. The van der Waals surface area contributed by atoms with E-state index in [1.165, 1.54) is 0 Å². The predicted molar refractivity (Wildman–Crippen MR) is 82.6 cm³/mol. The lowest BCUT2D eigenvalue weighted by molar-refractivity contribution is 0.0154. The van der Waals surface area contributed by atoms with Gasteiger partial charge in [0.15, 0.2) is 0 Å². The molecule has 1 saturated heterocycles. The highest BCUT2D eigenvalue weighted by Gasteiger charge is 2.27. The third-order valence-corrected chi connectivity index (χ3v) is 4.68. The standard InChI is InChI=1S/C14H20BrClN2O/c1-19-11-3-2-6-18(9-11)14(8-17)12-7-10(16)4-5-13(12)15/h4-5,7,11,14H,2-3,6,8-9,17H2,1H3. The largest absolute Gasteiger partial charge is 0.380 e. The van der Waals surface area contributed by atoms with Crippen LogP contribution >= 0.6 is 27.5 Å². The summed E-state index contributed by atoms with van der Waals surface area (Å²) in [5.41, 5.74) is 7.15. The molecule has 1 heterocycles. The summed E-state index contributed by atoms with van der Waals surface area (Å²) in [6.45, 7) is 2.56. The number of hydrogen-bond acceptors (Lipinski definition) is 3. The first-order valence-corrected chi connectivity index (χ1v) is 7.74. The normalized spacial score (nSPS) is 22.4. The fourth-order valence-corrected chi connectivity index (χ4v) is 3.38. The zero-order valence-electron chi connectivity index (χ0n) is 11.1. The topological polar surface area (TPSA) is 38.5 Å². The molecule has 0 spiro atoms. The van der Waals surface area contributed by atoms with Crippen molar-refractivity contribution in [1.29, 1.82) is 0 Å². The molecule has 2 rings (SSSR count). The van der Waals surface area contributed by atoms with Crippen LogP contribution in [-0.2, 0) is 4.74 Å². The molecule has 2 atom stereocenters. The van der Waals surface area contributed by atoms with E-state index in [2.05, 4.69) is 20.8 Å². The molecule has 1 aliphatic rings. The lowest BCUT2D eigenvalue weighted by atomic mass is 10.0. The Morgan fingerprint density at radius 2 is 2.37 bits per heavy atom. The molecule has 1 aromatic carbocycles. The van der Waals surface area contributed by atoms with Crippen LogP contribution in [0, 0.1) is 0 Å². The van der Waals surface area contributed by atoms with E-state index in [1.54, 1.807) is 7.11 Å². The minimum Gasteiger partial charge on any atom is -0.380 e. The smallest absolute Gasteiger partial charge is 0.0698 e. The van der Waals surface area contributed by atoms with Crippen molar-refractivity contribution in [2.24, 2.45) is 5.73 Å². The van der Waals surface area contributed by atoms with Gasteiger partial charge in [0, 0.05) is 35.7 Å². The summed E-state index contributed by atoms with van der Waals surface area (Å²) < 4.78 is 6.55. The quantitative estimate of drug-likeness (QED) is 0.909. The Morgan fingerprint density at radius 3 is 3.05 bits per heavy atom. The highest BCUT2D eigenvalue weighted by molar-refractivity contribution is 9.10. The zero-order valence-corrected chi connectivity index (χ0v) is 13.5. The number of nitrogens with zero attached hydrogens (tertiary/aromatic N) is 1. The van der Waals surface area contributed by atoms with Gasteiger partial charge < -0.3 is 10.5 Å². The average Bonchev–Trinajstić information content (AvgIpc) is 2.44. The second-order valence-electron chi connectivity index (χ2n) is 4.91. The van der Waals surface area contributed by atoms with E-state index in [0.29, 0.717) is 12.6 Å². The fraction of sp³-hybridized carbons (Fsp3) is 0.571. The summed E-state index contributed by atoms with van der Waals surface area (Å²) in [5, 5.41) is 0.747. The first-order valence-electron chi connectivity index (χ1n) is 6.57. The van der Waals surface area contributed by atoms with Crippen LogP contribution < -0.4 is 5.73 Å². The number of ether oxygens (including phenoxy) is 1. The zero-order chi connectivity index (χ0) is 13.8. The van der Waals surface area contributed by atoms with E-state index in [0.717, 1.165) is 41.0 Å². The number of nitrogens with two attached hydrogens (primary N) is 1. The van der Waals surface area contributed by atoms with Crippen molar-refractivity contribution in [1.82, 2.24) is 4.90 Å². The predicted octanol–water partition coefficient (Wildman–Crippen LogP) is 3.21. The maximum Gasteiger partial charge on any atom is 0.0698 e. The lowest BCUT2D eigenvalue weighted by Crippen LogP contribution is -2.43. The van der Waals surface area contributed by atoms with Gasteiger partial charge in [-0.1, -0.05) is 27.5 Å².